The fourth-order valence-electron chi connectivity index (χ4n) is 3.19. The van der Waals surface area contributed by atoms with Gasteiger partial charge in [0.25, 0.3) is 5.91 Å². The van der Waals surface area contributed by atoms with Crippen molar-refractivity contribution in [2.45, 2.75) is 13.1 Å². The third kappa shape index (κ3) is 5.54. The van der Waals surface area contributed by atoms with E-state index in [2.05, 4.69) is 5.10 Å². The minimum atomic E-state index is -4.68. The standard InChI is InChI=1S/C20H21F3N4O6/c1-2-32-19(31)26-9-7-25(8-10-26)16(29)12-33-18(30)17-15(28)11-27(24-17)14-6-4-3-5-13(14)20(21,22)23/h3-6,11,28H,2,7-10,12H2,1H3. The van der Waals surface area contributed by atoms with E-state index in [1.54, 1.807) is 6.92 Å². The number of hydrogen-bond acceptors (Lipinski definition) is 7. The lowest BCUT2D eigenvalue weighted by atomic mass is 10.2. The molecule has 1 aromatic heterocycles. The Morgan fingerprint density at radius 2 is 1.70 bits per heavy atom. The van der Waals surface area contributed by atoms with E-state index < -0.39 is 53.4 Å². The Balaban J connectivity index is 1.61. The molecule has 2 heterocycles. The van der Waals surface area contributed by atoms with Gasteiger partial charge < -0.3 is 24.4 Å². The Labute approximate surface area is 186 Å². The zero-order chi connectivity index (χ0) is 24.2. The van der Waals surface area contributed by atoms with Gasteiger partial charge in [0, 0.05) is 26.2 Å². The Kier molecular flexibility index (Phi) is 7.09. The first-order chi connectivity index (χ1) is 15.6. The molecule has 178 valence electrons. The molecule has 0 unspecified atom stereocenters. The van der Waals surface area contributed by atoms with Crippen molar-refractivity contribution in [3.63, 3.8) is 0 Å². The molecule has 1 aliphatic heterocycles. The van der Waals surface area contributed by atoms with Crippen molar-refractivity contribution in [2.75, 3.05) is 39.4 Å². The molecule has 10 nitrogen and oxygen atoms in total. The fraction of sp³-hybridized carbons (Fsp3) is 0.400. The zero-order valence-corrected chi connectivity index (χ0v) is 17.5. The maximum Gasteiger partial charge on any atom is 0.418 e. The number of benzene rings is 1. The van der Waals surface area contributed by atoms with Crippen LogP contribution in [0.1, 0.15) is 23.0 Å². The van der Waals surface area contributed by atoms with Crippen molar-refractivity contribution in [3.05, 3.63) is 41.7 Å². The highest BCUT2D eigenvalue weighted by Gasteiger charge is 2.34. The lowest BCUT2D eigenvalue weighted by molar-refractivity contribution is -0.137. The molecule has 33 heavy (non-hydrogen) atoms. The third-order valence-corrected chi connectivity index (χ3v) is 4.83. The van der Waals surface area contributed by atoms with Crippen LogP contribution in [0.2, 0.25) is 0 Å². The molecule has 13 heteroatoms. The summed E-state index contributed by atoms with van der Waals surface area (Å²) in [5, 5.41) is 13.7. The summed E-state index contributed by atoms with van der Waals surface area (Å²) in [4.78, 5) is 39.1. The highest BCUT2D eigenvalue weighted by Crippen LogP contribution is 2.34. The van der Waals surface area contributed by atoms with Crippen molar-refractivity contribution in [3.8, 4) is 11.4 Å². The predicted molar refractivity (Wildman–Crippen MR) is 106 cm³/mol. The van der Waals surface area contributed by atoms with Crippen LogP contribution in [0.15, 0.2) is 30.5 Å². The molecule has 0 saturated carbocycles. The second-order valence-electron chi connectivity index (χ2n) is 6.97. The molecule has 1 fully saturated rings. The smallest absolute Gasteiger partial charge is 0.418 e. The summed E-state index contributed by atoms with van der Waals surface area (Å²) in [5.41, 5.74) is -2.04. The molecular formula is C20H21F3N4O6. The summed E-state index contributed by atoms with van der Waals surface area (Å²) in [6.45, 7) is 2.18. The number of carbonyl (C=O) groups is 3. The topological polar surface area (TPSA) is 114 Å². The van der Waals surface area contributed by atoms with Crippen molar-refractivity contribution < 1.29 is 42.1 Å². The van der Waals surface area contributed by atoms with E-state index in [1.807, 2.05) is 0 Å². The highest BCUT2D eigenvalue weighted by molar-refractivity contribution is 5.92. The Morgan fingerprint density at radius 3 is 2.33 bits per heavy atom. The minimum Gasteiger partial charge on any atom is -0.504 e. The molecule has 2 aromatic rings. The molecule has 0 radical (unpaired) electrons. The number of ether oxygens (including phenoxy) is 2. The molecule has 2 amide bonds. The van der Waals surface area contributed by atoms with Gasteiger partial charge in [0.2, 0.25) is 5.69 Å². The van der Waals surface area contributed by atoms with Gasteiger partial charge in [-0.3, -0.25) is 4.79 Å². The predicted octanol–water partition coefficient (Wildman–Crippen LogP) is 2.05. The summed E-state index contributed by atoms with van der Waals surface area (Å²) in [7, 11) is 0. The summed E-state index contributed by atoms with van der Waals surface area (Å²) in [5.74, 6) is -2.41. The van der Waals surface area contributed by atoms with Gasteiger partial charge in [-0.05, 0) is 19.1 Å². The first-order valence-electron chi connectivity index (χ1n) is 9.93. The van der Waals surface area contributed by atoms with Gasteiger partial charge in [-0.1, -0.05) is 12.1 Å². The van der Waals surface area contributed by atoms with Crippen LogP contribution in [0.3, 0.4) is 0 Å². The van der Waals surface area contributed by atoms with Crippen LogP contribution < -0.4 is 0 Å². The molecule has 1 N–H and O–H groups in total. The van der Waals surface area contributed by atoms with Crippen LogP contribution in [0.5, 0.6) is 5.75 Å². The molecule has 0 spiro atoms. The molecule has 0 bridgehead atoms. The van der Waals surface area contributed by atoms with E-state index in [4.69, 9.17) is 9.47 Å². The number of para-hydroxylation sites is 1. The van der Waals surface area contributed by atoms with Gasteiger partial charge in [0.15, 0.2) is 12.4 Å². The Morgan fingerprint density at radius 1 is 1.06 bits per heavy atom. The summed E-state index contributed by atoms with van der Waals surface area (Å²) >= 11 is 0. The number of alkyl halides is 3. The van der Waals surface area contributed by atoms with E-state index in [-0.39, 0.29) is 32.8 Å². The fourth-order valence-corrected chi connectivity index (χ4v) is 3.19. The number of piperazine rings is 1. The van der Waals surface area contributed by atoms with Crippen LogP contribution in [0, 0.1) is 0 Å². The lowest BCUT2D eigenvalue weighted by Crippen LogP contribution is -2.51. The average molecular weight is 470 g/mol. The summed E-state index contributed by atoms with van der Waals surface area (Å²) < 4.78 is 50.2. The van der Waals surface area contributed by atoms with Crippen LogP contribution in [0.4, 0.5) is 18.0 Å². The van der Waals surface area contributed by atoms with E-state index in [0.29, 0.717) is 4.68 Å². The molecule has 3 rings (SSSR count). The largest absolute Gasteiger partial charge is 0.504 e. The van der Waals surface area contributed by atoms with Gasteiger partial charge in [-0.25, -0.2) is 14.3 Å². The number of amides is 2. The lowest BCUT2D eigenvalue weighted by Gasteiger charge is -2.33. The van der Waals surface area contributed by atoms with Crippen molar-refractivity contribution in [1.29, 1.82) is 0 Å². The van der Waals surface area contributed by atoms with Gasteiger partial charge >= 0.3 is 18.2 Å². The van der Waals surface area contributed by atoms with E-state index in [0.717, 1.165) is 18.3 Å². The SMILES string of the molecule is CCOC(=O)N1CCN(C(=O)COC(=O)c2nn(-c3ccccc3C(F)(F)F)cc2O)CC1. The maximum absolute atomic E-state index is 13.2. The normalized spacial score (nSPS) is 14.2. The second kappa shape index (κ2) is 9.79. The number of rotatable bonds is 5. The summed E-state index contributed by atoms with van der Waals surface area (Å²) in [6.07, 6.45) is -4.31. The van der Waals surface area contributed by atoms with Gasteiger partial charge in [-0.2, -0.15) is 18.3 Å². The number of nitrogens with zero attached hydrogens (tertiary/aromatic N) is 4. The number of hydrogen-bond donors (Lipinski definition) is 1. The first kappa shape index (κ1) is 23.9. The summed E-state index contributed by atoms with van der Waals surface area (Å²) in [6, 6.07) is 4.51. The van der Waals surface area contributed by atoms with E-state index in [9.17, 15) is 32.7 Å². The quantitative estimate of drug-likeness (QED) is 0.666. The number of esters is 1. The van der Waals surface area contributed by atoms with Crippen LogP contribution >= 0.6 is 0 Å². The van der Waals surface area contributed by atoms with Gasteiger partial charge in [0.05, 0.1) is 24.1 Å². The minimum absolute atomic E-state index is 0.212. The van der Waals surface area contributed by atoms with Crippen molar-refractivity contribution in [2.24, 2.45) is 0 Å². The second-order valence-corrected chi connectivity index (χ2v) is 6.97. The number of halogens is 3. The molecule has 0 aliphatic carbocycles. The van der Waals surface area contributed by atoms with Gasteiger partial charge in [0.1, 0.15) is 0 Å². The number of aromatic hydroxyl groups is 1. The molecule has 0 atom stereocenters. The number of carbonyl (C=O) groups excluding carboxylic acids is 3. The molecule has 1 saturated heterocycles. The number of aromatic nitrogens is 2. The zero-order valence-electron chi connectivity index (χ0n) is 17.5. The molecule has 1 aromatic carbocycles. The monoisotopic (exact) mass is 470 g/mol. The molecule has 1 aliphatic rings. The van der Waals surface area contributed by atoms with Crippen molar-refractivity contribution in [1.82, 2.24) is 19.6 Å². The van der Waals surface area contributed by atoms with Crippen LogP contribution in [-0.2, 0) is 20.4 Å². The van der Waals surface area contributed by atoms with Crippen molar-refractivity contribution >= 4 is 18.0 Å². The highest BCUT2D eigenvalue weighted by atomic mass is 19.4. The Hall–Kier alpha value is -3.77. The first-order valence-corrected chi connectivity index (χ1v) is 9.93. The molecular weight excluding hydrogens is 449 g/mol. The Bertz CT molecular complexity index is 1030. The van der Waals surface area contributed by atoms with E-state index in [1.165, 1.54) is 21.9 Å². The van der Waals surface area contributed by atoms with E-state index >= 15 is 0 Å². The van der Waals surface area contributed by atoms with Gasteiger partial charge in [-0.15, -0.1) is 0 Å². The maximum atomic E-state index is 13.2. The third-order valence-electron chi connectivity index (χ3n) is 4.83. The van der Waals surface area contributed by atoms with Crippen LogP contribution in [-0.4, -0.2) is 82.0 Å². The van der Waals surface area contributed by atoms with Crippen LogP contribution in [0.25, 0.3) is 5.69 Å². The average Bonchev–Trinajstić information content (AvgIpc) is 3.18.